The summed E-state index contributed by atoms with van der Waals surface area (Å²) in [5.74, 6) is -0.723. The molecule has 108 heavy (non-hydrogen) atoms. The van der Waals surface area contributed by atoms with Crippen LogP contribution in [0.3, 0.4) is 0 Å². The van der Waals surface area contributed by atoms with Crippen LogP contribution in [0, 0.1) is 0 Å². The topological polar surface area (TPSA) is 176 Å². The Labute approximate surface area is 669 Å². The van der Waals surface area contributed by atoms with Gasteiger partial charge in [-0.3, -0.25) is 32.7 Å². The number of allylic oxidation sites excluding steroid dienone is 2. The Bertz CT molecular complexity index is 2020. The average Bonchev–Trinajstić information content (AvgIpc) is 0.872. The van der Waals surface area contributed by atoms with Crippen LogP contribution in [0.2, 0.25) is 0 Å². The van der Waals surface area contributed by atoms with Crippen LogP contribution in [-0.4, -0.2) is 79.6 Å². The average molecular weight is 1550 g/mol. The fourth-order valence-electron chi connectivity index (χ4n) is 13.9. The van der Waals surface area contributed by atoms with Crippen LogP contribution >= 0.6 is 7.82 Å². The lowest BCUT2D eigenvalue weighted by atomic mass is 10.0. The maximum Gasteiger partial charge on any atom is 0.475 e. The van der Waals surface area contributed by atoms with Gasteiger partial charge >= 0.3 is 19.8 Å². The number of aliphatic hydroxyl groups excluding tert-OH is 1. The van der Waals surface area contributed by atoms with Gasteiger partial charge < -0.3 is 25.2 Å². The Morgan fingerprint density at radius 2 is 0.574 bits per heavy atom. The van der Waals surface area contributed by atoms with Crippen molar-refractivity contribution in [2.45, 2.75) is 516 Å². The van der Waals surface area contributed by atoms with E-state index in [1.807, 2.05) is 19.1 Å². The summed E-state index contributed by atoms with van der Waals surface area (Å²) in [4.78, 5) is 52.4. The largest absolute Gasteiger partial charge is 0.475 e. The molecule has 0 saturated heterocycles. The standard InChI is InChI=1S/C50H96NO7P.C44H85NO4/c1-6-11-14-17-20-23-25-26-28-30-32-35-38-41-48(58-50(53)43-40-37-34-29-22-19-16-13-8-3)47(46-57-59(54,55-44-9-4)56-45-10-5)51-49(52)42-39-36-33-31-27-24-21-18-15-12-7-2;1-4-7-10-13-16-19-21-22-24-26-28-31-34-37-42(49-44(48)39-36-33-30-25-18-15-12-9-6-3)41(40-46)45-43(47)38-35-32-29-27-23-20-17-14-11-8-5-2/h9,38,41,47-48H,4,6-8,10-37,39-40,42-46H2,1-3,5H3,(H,51,52);34,37,41-42,46H,4-33,35-36,38-40H2,1-3H3,(H,45,47)/b41-38+;37-34+/t47-,48+,59?;41-,42+/m00/s1. The van der Waals surface area contributed by atoms with Crippen molar-refractivity contribution in [1.82, 2.24) is 10.6 Å². The van der Waals surface area contributed by atoms with E-state index in [9.17, 15) is 28.8 Å². The van der Waals surface area contributed by atoms with Crippen molar-refractivity contribution in [2.75, 3.05) is 26.4 Å². The minimum absolute atomic E-state index is 0.00705. The third-order valence-corrected chi connectivity index (χ3v) is 22.4. The number of hydrogen-bond acceptors (Lipinski definition) is 11. The number of rotatable bonds is 86. The molecule has 0 heterocycles. The maximum atomic E-state index is 13.6. The highest BCUT2D eigenvalue weighted by molar-refractivity contribution is 7.48. The molecule has 0 radical (unpaired) electrons. The van der Waals surface area contributed by atoms with Gasteiger partial charge in [0.25, 0.3) is 0 Å². The fourth-order valence-corrected chi connectivity index (χ4v) is 15.2. The van der Waals surface area contributed by atoms with Crippen molar-refractivity contribution in [3.8, 4) is 0 Å². The molecule has 5 atom stereocenters. The van der Waals surface area contributed by atoms with Gasteiger partial charge in [-0.15, -0.1) is 6.58 Å². The molecular formula is C94H181N2O11P. The molecule has 638 valence electrons. The summed E-state index contributed by atoms with van der Waals surface area (Å²) in [6.07, 6.45) is 88.7. The molecule has 14 heteroatoms. The molecule has 0 fully saturated rings. The lowest BCUT2D eigenvalue weighted by Crippen LogP contribution is -2.47. The number of amides is 2. The third kappa shape index (κ3) is 78.4. The van der Waals surface area contributed by atoms with E-state index >= 15 is 0 Å². The first-order valence-corrected chi connectivity index (χ1v) is 48.5. The van der Waals surface area contributed by atoms with E-state index in [4.69, 9.17) is 23.0 Å². The second kappa shape index (κ2) is 88.1. The maximum absolute atomic E-state index is 13.6. The molecule has 0 aromatic carbocycles. The molecule has 0 bridgehead atoms. The molecule has 0 aliphatic heterocycles. The number of unbranched alkanes of at least 4 members (excludes halogenated alkanes) is 58. The first-order valence-electron chi connectivity index (χ1n) is 47.0. The monoisotopic (exact) mass is 1550 g/mol. The van der Waals surface area contributed by atoms with E-state index < -0.39 is 32.1 Å². The minimum Gasteiger partial charge on any atom is -0.456 e. The SMILES string of the molecule is C=CCOP(=O)(OCCC)OC[C@H](NC(=O)CCCCCCCCCCCCC)[C@@H](/C=C/CCCCCCCCCCCCC)OC(=O)CCCCCCCCCCC.CCCCCCCCCCCCC/C=C/[C@@H](OC(=O)CCCCCCCCCCC)[C@H](CO)NC(=O)CCCCCCCCCCCCC. The van der Waals surface area contributed by atoms with Crippen molar-refractivity contribution in [3.63, 3.8) is 0 Å². The Morgan fingerprint density at radius 3 is 0.843 bits per heavy atom. The highest BCUT2D eigenvalue weighted by Crippen LogP contribution is 2.49. The molecule has 0 aromatic rings. The number of carbonyl (C=O) groups excluding carboxylic acids is 4. The fraction of sp³-hybridized carbons (Fsp3) is 0.894. The van der Waals surface area contributed by atoms with Gasteiger partial charge in [-0.25, -0.2) is 4.57 Å². The lowest BCUT2D eigenvalue weighted by Gasteiger charge is -2.27. The lowest BCUT2D eigenvalue weighted by molar-refractivity contribution is -0.150. The van der Waals surface area contributed by atoms with Gasteiger partial charge in [0.1, 0.15) is 12.2 Å². The van der Waals surface area contributed by atoms with Crippen molar-refractivity contribution in [2.24, 2.45) is 0 Å². The van der Waals surface area contributed by atoms with Gasteiger partial charge in [-0.2, -0.15) is 0 Å². The summed E-state index contributed by atoms with van der Waals surface area (Å²) in [6.45, 7) is 18.9. The molecule has 0 rings (SSSR count). The van der Waals surface area contributed by atoms with Crippen molar-refractivity contribution < 1.29 is 51.9 Å². The summed E-state index contributed by atoms with van der Waals surface area (Å²) in [7, 11) is -3.96. The van der Waals surface area contributed by atoms with E-state index in [0.29, 0.717) is 32.1 Å². The predicted molar refractivity (Wildman–Crippen MR) is 463 cm³/mol. The summed E-state index contributed by atoms with van der Waals surface area (Å²) < 4.78 is 42.5. The van der Waals surface area contributed by atoms with Crippen LogP contribution in [-0.2, 0) is 46.8 Å². The van der Waals surface area contributed by atoms with Gasteiger partial charge in [0.15, 0.2) is 0 Å². The third-order valence-electron chi connectivity index (χ3n) is 21.0. The van der Waals surface area contributed by atoms with Crippen LogP contribution in [0.25, 0.3) is 0 Å². The smallest absolute Gasteiger partial charge is 0.456 e. The van der Waals surface area contributed by atoms with Gasteiger partial charge in [0.05, 0.1) is 38.5 Å². The van der Waals surface area contributed by atoms with E-state index in [2.05, 4.69) is 70.9 Å². The van der Waals surface area contributed by atoms with Crippen molar-refractivity contribution in [3.05, 3.63) is 37.0 Å². The number of ether oxygens (including phenoxy) is 2. The molecule has 13 nitrogen and oxygen atoms in total. The molecule has 2 amide bonds. The second-order valence-corrected chi connectivity index (χ2v) is 33.5. The van der Waals surface area contributed by atoms with Crippen molar-refractivity contribution >= 4 is 31.6 Å². The number of carbonyl (C=O) groups is 4. The zero-order valence-electron chi connectivity index (χ0n) is 72.5. The first-order chi connectivity index (χ1) is 52.9. The molecule has 0 aliphatic rings. The van der Waals surface area contributed by atoms with E-state index in [1.54, 1.807) is 0 Å². The van der Waals surface area contributed by atoms with Gasteiger partial charge in [0.2, 0.25) is 11.8 Å². The number of nitrogens with one attached hydrogen (secondary N) is 2. The molecule has 1 unspecified atom stereocenters. The van der Waals surface area contributed by atoms with E-state index in [0.717, 1.165) is 103 Å². The second-order valence-electron chi connectivity index (χ2n) is 31.8. The predicted octanol–water partition coefficient (Wildman–Crippen LogP) is 29.3. The summed E-state index contributed by atoms with van der Waals surface area (Å²) >= 11 is 0. The molecule has 0 saturated carbocycles. The van der Waals surface area contributed by atoms with Crippen LogP contribution in [0.4, 0.5) is 0 Å². The van der Waals surface area contributed by atoms with Crippen molar-refractivity contribution in [1.29, 1.82) is 0 Å². The normalized spacial score (nSPS) is 13.3. The quantitative estimate of drug-likeness (QED) is 0.0229. The summed E-state index contributed by atoms with van der Waals surface area (Å²) in [5.41, 5.74) is 0. The van der Waals surface area contributed by atoms with Gasteiger partial charge in [-0.1, -0.05) is 426 Å². The highest BCUT2D eigenvalue weighted by atomic mass is 31.2. The zero-order valence-corrected chi connectivity index (χ0v) is 73.4. The van der Waals surface area contributed by atoms with Crippen LogP contribution in [0.1, 0.15) is 492 Å². The van der Waals surface area contributed by atoms with E-state index in [-0.39, 0.29) is 50.2 Å². The number of esters is 2. The Morgan fingerprint density at radius 1 is 0.324 bits per heavy atom. The number of phosphoric acid groups is 1. The molecular weight excluding hydrogens is 1360 g/mol. The molecule has 0 aromatic heterocycles. The van der Waals surface area contributed by atoms with E-state index in [1.165, 1.54) is 314 Å². The van der Waals surface area contributed by atoms with Gasteiger partial charge in [0, 0.05) is 25.7 Å². The number of hydrogen-bond donors (Lipinski definition) is 3. The summed E-state index contributed by atoms with van der Waals surface area (Å²) in [6, 6.07) is -1.37. The summed E-state index contributed by atoms with van der Waals surface area (Å²) in [5, 5.41) is 16.3. The minimum atomic E-state index is -3.96. The van der Waals surface area contributed by atoms with Crippen LogP contribution in [0.5, 0.6) is 0 Å². The Kier molecular flexibility index (Phi) is 87.5. The number of phosphoric ester groups is 1. The molecule has 3 N–H and O–H groups in total. The Balaban J connectivity index is 0. The molecule has 0 spiro atoms. The van der Waals surface area contributed by atoms with Crippen LogP contribution < -0.4 is 10.6 Å². The first kappa shape index (κ1) is 107. The van der Waals surface area contributed by atoms with Gasteiger partial charge in [-0.05, 0) is 69.9 Å². The number of aliphatic hydroxyl groups is 1. The van der Waals surface area contributed by atoms with Crippen LogP contribution in [0.15, 0.2) is 37.0 Å². The highest BCUT2D eigenvalue weighted by Gasteiger charge is 2.32. The Hall–Kier alpha value is -2.83. The molecule has 0 aliphatic carbocycles. The zero-order chi connectivity index (χ0) is 79.2.